The van der Waals surface area contributed by atoms with E-state index in [4.69, 9.17) is 20.9 Å². The molecule has 0 unspecified atom stereocenters. The summed E-state index contributed by atoms with van der Waals surface area (Å²) in [7, 11) is 0. The van der Waals surface area contributed by atoms with Crippen molar-refractivity contribution in [2.24, 2.45) is 5.73 Å². The van der Waals surface area contributed by atoms with Gasteiger partial charge in [0.15, 0.2) is 11.5 Å². The fourth-order valence-corrected chi connectivity index (χ4v) is 1.18. The SMILES string of the molecule is NCc1cc2c(cc1N)OCO2. The second kappa shape index (κ2) is 2.57. The summed E-state index contributed by atoms with van der Waals surface area (Å²) in [4.78, 5) is 0. The van der Waals surface area contributed by atoms with Gasteiger partial charge in [0.2, 0.25) is 6.79 Å². The third-order valence-corrected chi connectivity index (χ3v) is 1.85. The topological polar surface area (TPSA) is 70.5 Å². The molecule has 0 fully saturated rings. The van der Waals surface area contributed by atoms with E-state index < -0.39 is 0 Å². The summed E-state index contributed by atoms with van der Waals surface area (Å²) in [5, 5.41) is 0. The van der Waals surface area contributed by atoms with Crippen LogP contribution in [0.25, 0.3) is 0 Å². The monoisotopic (exact) mass is 166 g/mol. The van der Waals surface area contributed by atoms with Crippen molar-refractivity contribution in [3.8, 4) is 11.5 Å². The first-order chi connectivity index (χ1) is 5.81. The molecule has 2 rings (SSSR count). The maximum Gasteiger partial charge on any atom is 0.231 e. The highest BCUT2D eigenvalue weighted by Crippen LogP contribution is 2.35. The van der Waals surface area contributed by atoms with Crippen LogP contribution in [0.15, 0.2) is 12.1 Å². The summed E-state index contributed by atoms with van der Waals surface area (Å²) >= 11 is 0. The van der Waals surface area contributed by atoms with Crippen LogP contribution in [-0.4, -0.2) is 6.79 Å². The number of benzene rings is 1. The lowest BCUT2D eigenvalue weighted by Crippen LogP contribution is -2.01. The van der Waals surface area contributed by atoms with Crippen LogP contribution >= 0.6 is 0 Å². The average Bonchev–Trinajstić information content (AvgIpc) is 2.49. The first-order valence-electron chi connectivity index (χ1n) is 3.69. The number of rotatable bonds is 1. The molecule has 0 atom stereocenters. The maximum atomic E-state index is 5.69. The number of nitrogen functional groups attached to an aromatic ring is 1. The molecular weight excluding hydrogens is 156 g/mol. The lowest BCUT2D eigenvalue weighted by Gasteiger charge is -2.03. The molecule has 1 aromatic carbocycles. The van der Waals surface area contributed by atoms with Crippen LogP contribution in [0.2, 0.25) is 0 Å². The molecule has 0 saturated heterocycles. The molecule has 12 heavy (non-hydrogen) atoms. The van der Waals surface area contributed by atoms with E-state index >= 15 is 0 Å². The molecule has 64 valence electrons. The Labute approximate surface area is 70.1 Å². The van der Waals surface area contributed by atoms with Crippen molar-refractivity contribution >= 4 is 5.69 Å². The van der Waals surface area contributed by atoms with Crippen LogP contribution < -0.4 is 20.9 Å². The molecule has 4 nitrogen and oxygen atoms in total. The zero-order valence-electron chi connectivity index (χ0n) is 6.54. The standard InChI is InChI=1S/C8H10N2O2/c9-3-5-1-7-8(2-6(5)10)12-4-11-7/h1-2H,3-4,9-10H2. The molecule has 1 heterocycles. The van der Waals surface area contributed by atoms with E-state index in [2.05, 4.69) is 0 Å². The van der Waals surface area contributed by atoms with Crippen molar-refractivity contribution < 1.29 is 9.47 Å². The predicted molar refractivity (Wildman–Crippen MR) is 44.9 cm³/mol. The van der Waals surface area contributed by atoms with Gasteiger partial charge in [-0.05, 0) is 11.6 Å². The summed E-state index contributed by atoms with van der Waals surface area (Å²) in [6.07, 6.45) is 0. The van der Waals surface area contributed by atoms with Crippen LogP contribution in [0.4, 0.5) is 5.69 Å². The van der Waals surface area contributed by atoms with Crippen LogP contribution in [0.1, 0.15) is 5.56 Å². The minimum atomic E-state index is 0.267. The minimum Gasteiger partial charge on any atom is -0.454 e. The van der Waals surface area contributed by atoms with E-state index in [9.17, 15) is 0 Å². The summed E-state index contributed by atoms with van der Waals surface area (Å²) < 4.78 is 10.3. The van der Waals surface area contributed by atoms with Gasteiger partial charge in [-0.1, -0.05) is 0 Å². The van der Waals surface area contributed by atoms with Gasteiger partial charge in [-0.25, -0.2) is 0 Å². The average molecular weight is 166 g/mol. The molecule has 0 bridgehead atoms. The Morgan fingerprint density at radius 3 is 2.58 bits per heavy atom. The molecule has 1 aliphatic rings. The molecular formula is C8H10N2O2. The lowest BCUT2D eigenvalue weighted by atomic mass is 10.1. The van der Waals surface area contributed by atoms with Gasteiger partial charge in [0.25, 0.3) is 0 Å². The van der Waals surface area contributed by atoms with Crippen molar-refractivity contribution in [3.63, 3.8) is 0 Å². The molecule has 1 aromatic rings. The first kappa shape index (κ1) is 7.24. The Morgan fingerprint density at radius 1 is 1.25 bits per heavy atom. The van der Waals surface area contributed by atoms with Gasteiger partial charge >= 0.3 is 0 Å². The third-order valence-electron chi connectivity index (χ3n) is 1.85. The van der Waals surface area contributed by atoms with E-state index in [0.717, 1.165) is 11.3 Å². The maximum absolute atomic E-state index is 5.69. The highest BCUT2D eigenvalue weighted by molar-refractivity contribution is 5.58. The molecule has 1 aliphatic heterocycles. The molecule has 0 amide bonds. The van der Waals surface area contributed by atoms with Gasteiger partial charge in [0.05, 0.1) is 0 Å². The van der Waals surface area contributed by atoms with E-state index in [1.165, 1.54) is 0 Å². The molecule has 0 aromatic heterocycles. The number of hydrogen-bond acceptors (Lipinski definition) is 4. The fraction of sp³-hybridized carbons (Fsp3) is 0.250. The minimum absolute atomic E-state index is 0.267. The van der Waals surface area contributed by atoms with E-state index in [0.29, 0.717) is 18.0 Å². The second-order valence-corrected chi connectivity index (χ2v) is 2.61. The second-order valence-electron chi connectivity index (χ2n) is 2.61. The van der Waals surface area contributed by atoms with E-state index in [1.54, 1.807) is 6.07 Å². The Balaban J connectivity index is 2.49. The van der Waals surface area contributed by atoms with Gasteiger partial charge in [-0.15, -0.1) is 0 Å². The summed E-state index contributed by atoms with van der Waals surface area (Å²) in [6, 6.07) is 3.56. The van der Waals surface area contributed by atoms with Gasteiger partial charge < -0.3 is 20.9 Å². The normalized spacial score (nSPS) is 13.4. The summed E-state index contributed by atoms with van der Waals surface area (Å²) in [6.45, 7) is 0.686. The molecule has 0 radical (unpaired) electrons. The van der Waals surface area contributed by atoms with Crippen molar-refractivity contribution in [1.29, 1.82) is 0 Å². The molecule has 0 aliphatic carbocycles. The smallest absolute Gasteiger partial charge is 0.231 e. The van der Waals surface area contributed by atoms with Crippen LogP contribution in [0, 0.1) is 0 Å². The zero-order chi connectivity index (χ0) is 8.55. The van der Waals surface area contributed by atoms with Crippen molar-refractivity contribution in [2.45, 2.75) is 6.54 Å². The highest BCUT2D eigenvalue weighted by Gasteiger charge is 2.14. The first-order valence-corrected chi connectivity index (χ1v) is 3.69. The number of hydrogen-bond donors (Lipinski definition) is 2. The Morgan fingerprint density at radius 2 is 1.92 bits per heavy atom. The predicted octanol–water partition coefficient (Wildman–Crippen LogP) is 0.456. The lowest BCUT2D eigenvalue weighted by molar-refractivity contribution is 0.174. The van der Waals surface area contributed by atoms with Crippen LogP contribution in [-0.2, 0) is 6.54 Å². The highest BCUT2D eigenvalue weighted by atomic mass is 16.7. The van der Waals surface area contributed by atoms with E-state index in [-0.39, 0.29) is 6.79 Å². The quantitative estimate of drug-likeness (QED) is 0.594. The number of anilines is 1. The number of nitrogens with two attached hydrogens (primary N) is 2. The summed E-state index contributed by atoms with van der Waals surface area (Å²) in [5.74, 6) is 1.43. The summed E-state index contributed by atoms with van der Waals surface area (Å²) in [5.41, 5.74) is 12.7. The Kier molecular flexibility index (Phi) is 1.55. The van der Waals surface area contributed by atoms with Crippen molar-refractivity contribution in [1.82, 2.24) is 0 Å². The van der Waals surface area contributed by atoms with E-state index in [1.807, 2.05) is 6.07 Å². The molecule has 4 heteroatoms. The van der Waals surface area contributed by atoms with Gasteiger partial charge in [0.1, 0.15) is 0 Å². The molecule has 0 spiro atoms. The third kappa shape index (κ3) is 0.967. The molecule has 4 N–H and O–H groups in total. The van der Waals surface area contributed by atoms with Crippen LogP contribution in [0.3, 0.4) is 0 Å². The Bertz CT molecular complexity index is 311. The van der Waals surface area contributed by atoms with Crippen LogP contribution in [0.5, 0.6) is 11.5 Å². The fourth-order valence-electron chi connectivity index (χ4n) is 1.18. The van der Waals surface area contributed by atoms with Gasteiger partial charge in [-0.3, -0.25) is 0 Å². The van der Waals surface area contributed by atoms with Crippen molar-refractivity contribution in [3.05, 3.63) is 17.7 Å². The number of fused-ring (bicyclic) bond motifs is 1. The van der Waals surface area contributed by atoms with Gasteiger partial charge in [-0.2, -0.15) is 0 Å². The largest absolute Gasteiger partial charge is 0.454 e. The number of ether oxygens (including phenoxy) is 2. The Hall–Kier alpha value is -1.42. The van der Waals surface area contributed by atoms with Gasteiger partial charge in [0, 0.05) is 18.3 Å². The van der Waals surface area contributed by atoms with Crippen molar-refractivity contribution in [2.75, 3.05) is 12.5 Å². The molecule has 0 saturated carbocycles. The zero-order valence-corrected chi connectivity index (χ0v) is 6.54.